The molecule has 2 aliphatic rings. The van der Waals surface area contributed by atoms with Gasteiger partial charge < -0.3 is 19.9 Å². The Morgan fingerprint density at radius 2 is 1.86 bits per heavy atom. The van der Waals surface area contributed by atoms with Crippen molar-refractivity contribution in [3.8, 4) is 0 Å². The van der Waals surface area contributed by atoms with Crippen LogP contribution in [0.1, 0.15) is 10.4 Å². The number of morpholine rings is 1. The van der Waals surface area contributed by atoms with Crippen molar-refractivity contribution < 1.29 is 13.9 Å². The summed E-state index contributed by atoms with van der Waals surface area (Å²) in [7, 11) is 0. The second-order valence-electron chi connectivity index (χ2n) is 5.31. The Balaban J connectivity index is 1.75. The number of amides is 1. The van der Waals surface area contributed by atoms with Crippen molar-refractivity contribution in [2.45, 2.75) is 0 Å². The summed E-state index contributed by atoms with van der Waals surface area (Å²) in [4.78, 5) is 16.1. The van der Waals surface area contributed by atoms with Crippen LogP contribution in [0.2, 0.25) is 0 Å². The van der Waals surface area contributed by atoms with E-state index >= 15 is 0 Å². The van der Waals surface area contributed by atoms with E-state index in [1.807, 2.05) is 4.90 Å². The fourth-order valence-corrected chi connectivity index (χ4v) is 2.75. The summed E-state index contributed by atoms with van der Waals surface area (Å²) in [5, 5.41) is 3.20. The molecule has 0 atom stereocenters. The van der Waals surface area contributed by atoms with E-state index in [0.29, 0.717) is 50.6 Å². The van der Waals surface area contributed by atoms with Crippen LogP contribution in [0.3, 0.4) is 0 Å². The van der Waals surface area contributed by atoms with Gasteiger partial charge in [0.05, 0.1) is 18.9 Å². The molecule has 114 valence electrons. The zero-order chi connectivity index (χ0) is 14.7. The number of carbonyl (C=O) groups excluding carboxylic acids is 1. The minimum atomic E-state index is -0.335. The number of carbonyl (C=O) groups is 1. The van der Waals surface area contributed by atoms with Gasteiger partial charge in [-0.3, -0.25) is 4.79 Å². The molecule has 1 N–H and O–H groups in total. The fraction of sp³-hybridized carbons (Fsp3) is 0.533. The molecule has 0 aliphatic carbocycles. The van der Waals surface area contributed by atoms with Crippen LogP contribution in [0.15, 0.2) is 18.2 Å². The quantitative estimate of drug-likeness (QED) is 0.872. The third-order valence-corrected chi connectivity index (χ3v) is 3.95. The summed E-state index contributed by atoms with van der Waals surface area (Å²) in [6.07, 6.45) is 0. The van der Waals surface area contributed by atoms with Crippen molar-refractivity contribution in [3.63, 3.8) is 0 Å². The van der Waals surface area contributed by atoms with Crippen LogP contribution < -0.4 is 10.2 Å². The highest BCUT2D eigenvalue weighted by Crippen LogP contribution is 2.22. The topological polar surface area (TPSA) is 44.8 Å². The van der Waals surface area contributed by atoms with E-state index in [9.17, 15) is 9.18 Å². The molecule has 2 fully saturated rings. The van der Waals surface area contributed by atoms with Crippen molar-refractivity contribution in [1.29, 1.82) is 0 Å². The van der Waals surface area contributed by atoms with Crippen LogP contribution in [0.5, 0.6) is 0 Å². The first kappa shape index (κ1) is 14.3. The Hall–Kier alpha value is -1.66. The van der Waals surface area contributed by atoms with Crippen LogP contribution in [-0.2, 0) is 4.74 Å². The molecule has 1 amide bonds. The average molecular weight is 293 g/mol. The molecule has 6 heteroatoms. The van der Waals surface area contributed by atoms with Gasteiger partial charge in [0.25, 0.3) is 5.91 Å². The molecule has 0 radical (unpaired) electrons. The Bertz CT molecular complexity index is 512. The van der Waals surface area contributed by atoms with E-state index in [1.165, 1.54) is 6.07 Å². The first-order valence-electron chi connectivity index (χ1n) is 7.38. The largest absolute Gasteiger partial charge is 0.378 e. The molecule has 0 aromatic heterocycles. The second kappa shape index (κ2) is 6.41. The molecular weight excluding hydrogens is 273 g/mol. The summed E-state index contributed by atoms with van der Waals surface area (Å²) in [6.45, 7) is 5.52. The first-order valence-corrected chi connectivity index (χ1v) is 7.38. The van der Waals surface area contributed by atoms with E-state index in [-0.39, 0.29) is 11.7 Å². The van der Waals surface area contributed by atoms with Gasteiger partial charge in [-0.25, -0.2) is 4.39 Å². The van der Waals surface area contributed by atoms with Gasteiger partial charge in [0.15, 0.2) is 0 Å². The molecule has 0 saturated carbocycles. The van der Waals surface area contributed by atoms with Crippen LogP contribution in [0, 0.1) is 5.82 Å². The third kappa shape index (κ3) is 3.16. The van der Waals surface area contributed by atoms with Gasteiger partial charge in [-0.05, 0) is 18.2 Å². The monoisotopic (exact) mass is 293 g/mol. The predicted molar refractivity (Wildman–Crippen MR) is 78.2 cm³/mol. The number of nitrogens with zero attached hydrogens (tertiary/aromatic N) is 2. The molecule has 0 spiro atoms. The summed E-state index contributed by atoms with van der Waals surface area (Å²) in [6, 6.07) is 4.78. The Kier molecular flexibility index (Phi) is 4.36. The zero-order valence-electron chi connectivity index (χ0n) is 12.0. The minimum absolute atomic E-state index is 0.0936. The maximum atomic E-state index is 14.3. The normalized spacial score (nSPS) is 19.7. The van der Waals surface area contributed by atoms with E-state index in [2.05, 4.69) is 5.32 Å². The number of hydrogen-bond donors (Lipinski definition) is 1. The number of anilines is 1. The Morgan fingerprint density at radius 1 is 1.14 bits per heavy atom. The maximum absolute atomic E-state index is 14.3. The van der Waals surface area contributed by atoms with Crippen LogP contribution in [0.25, 0.3) is 0 Å². The first-order chi connectivity index (χ1) is 10.3. The van der Waals surface area contributed by atoms with Gasteiger partial charge in [0.2, 0.25) is 0 Å². The number of nitrogens with one attached hydrogen (secondary N) is 1. The third-order valence-electron chi connectivity index (χ3n) is 3.95. The number of rotatable bonds is 2. The summed E-state index contributed by atoms with van der Waals surface area (Å²) < 4.78 is 19.6. The maximum Gasteiger partial charge on any atom is 0.254 e. The molecule has 21 heavy (non-hydrogen) atoms. The molecule has 0 unspecified atom stereocenters. The standard InChI is InChI=1S/C15H20FN3O2/c16-13-11-12(15(20)19-5-3-17-4-6-19)1-2-14(13)18-7-9-21-10-8-18/h1-2,11,17H,3-10H2. The van der Waals surface area contributed by atoms with E-state index in [4.69, 9.17) is 4.74 Å². The van der Waals surface area contributed by atoms with Crippen molar-refractivity contribution in [3.05, 3.63) is 29.6 Å². The van der Waals surface area contributed by atoms with Gasteiger partial charge >= 0.3 is 0 Å². The molecule has 1 aromatic carbocycles. The number of hydrogen-bond acceptors (Lipinski definition) is 4. The van der Waals surface area contributed by atoms with E-state index < -0.39 is 0 Å². The lowest BCUT2D eigenvalue weighted by atomic mass is 10.1. The molecule has 0 bridgehead atoms. The number of piperazine rings is 1. The lowest BCUT2D eigenvalue weighted by Gasteiger charge is -2.30. The van der Waals surface area contributed by atoms with Gasteiger partial charge in [0, 0.05) is 44.8 Å². The number of benzene rings is 1. The molecule has 2 saturated heterocycles. The van der Waals surface area contributed by atoms with E-state index in [0.717, 1.165) is 13.1 Å². The summed E-state index contributed by atoms with van der Waals surface area (Å²) in [5.41, 5.74) is 0.974. The molecule has 5 nitrogen and oxygen atoms in total. The van der Waals surface area contributed by atoms with Crippen LogP contribution in [-0.4, -0.2) is 63.3 Å². The van der Waals surface area contributed by atoms with Gasteiger partial charge in [-0.15, -0.1) is 0 Å². The summed E-state index contributed by atoms with van der Waals surface area (Å²) in [5.74, 6) is -0.429. The van der Waals surface area contributed by atoms with Crippen LogP contribution in [0.4, 0.5) is 10.1 Å². The average Bonchev–Trinajstić information content (AvgIpc) is 2.55. The molecular formula is C15H20FN3O2. The Morgan fingerprint density at radius 3 is 2.52 bits per heavy atom. The molecule has 1 aromatic rings. The van der Waals surface area contributed by atoms with Crippen LogP contribution >= 0.6 is 0 Å². The minimum Gasteiger partial charge on any atom is -0.378 e. The number of halogens is 1. The number of ether oxygens (including phenoxy) is 1. The van der Waals surface area contributed by atoms with E-state index in [1.54, 1.807) is 17.0 Å². The second-order valence-corrected chi connectivity index (χ2v) is 5.31. The lowest BCUT2D eigenvalue weighted by Crippen LogP contribution is -2.46. The predicted octanol–water partition coefficient (Wildman–Crippen LogP) is 0.708. The Labute approximate surface area is 123 Å². The van der Waals surface area contributed by atoms with Gasteiger partial charge in [-0.1, -0.05) is 0 Å². The van der Waals surface area contributed by atoms with Crippen molar-refractivity contribution in [2.75, 3.05) is 57.4 Å². The zero-order valence-corrected chi connectivity index (χ0v) is 12.0. The van der Waals surface area contributed by atoms with Crippen molar-refractivity contribution >= 4 is 11.6 Å². The highest BCUT2D eigenvalue weighted by Gasteiger charge is 2.21. The molecule has 3 rings (SSSR count). The fourth-order valence-electron chi connectivity index (χ4n) is 2.75. The highest BCUT2D eigenvalue weighted by molar-refractivity contribution is 5.94. The SMILES string of the molecule is O=C(c1ccc(N2CCOCC2)c(F)c1)N1CCNCC1. The molecule has 2 heterocycles. The van der Waals surface area contributed by atoms with Crippen molar-refractivity contribution in [2.24, 2.45) is 0 Å². The van der Waals surface area contributed by atoms with Gasteiger partial charge in [0.1, 0.15) is 5.82 Å². The lowest BCUT2D eigenvalue weighted by molar-refractivity contribution is 0.0735. The van der Waals surface area contributed by atoms with Crippen molar-refractivity contribution in [1.82, 2.24) is 10.2 Å². The smallest absolute Gasteiger partial charge is 0.254 e. The van der Waals surface area contributed by atoms with Gasteiger partial charge in [-0.2, -0.15) is 0 Å². The molecule has 2 aliphatic heterocycles. The highest BCUT2D eigenvalue weighted by atomic mass is 19.1. The summed E-state index contributed by atoms with van der Waals surface area (Å²) >= 11 is 0.